The maximum Gasteiger partial charge on any atom is 0.355 e. The lowest BCUT2D eigenvalue weighted by Crippen LogP contribution is -2.35. The molecule has 2 N–H and O–H groups in total. The van der Waals surface area contributed by atoms with E-state index < -0.39 is 23.4 Å². The number of rotatable bonds is 9. The van der Waals surface area contributed by atoms with Gasteiger partial charge in [0.2, 0.25) is 5.91 Å². The van der Waals surface area contributed by atoms with Gasteiger partial charge in [0.1, 0.15) is 29.5 Å². The Morgan fingerprint density at radius 3 is 2.16 bits per heavy atom. The van der Waals surface area contributed by atoms with E-state index in [-0.39, 0.29) is 52.4 Å². The van der Waals surface area contributed by atoms with Crippen LogP contribution in [0.1, 0.15) is 78.1 Å². The highest BCUT2D eigenvalue weighted by molar-refractivity contribution is 5.90. The van der Waals surface area contributed by atoms with Gasteiger partial charge in [0.15, 0.2) is 5.65 Å². The summed E-state index contributed by atoms with van der Waals surface area (Å²) in [4.78, 5) is 43.1. The van der Waals surface area contributed by atoms with Crippen LogP contribution in [-0.4, -0.2) is 43.0 Å². The van der Waals surface area contributed by atoms with Crippen LogP contribution in [0, 0.1) is 11.6 Å². The van der Waals surface area contributed by atoms with Crippen molar-refractivity contribution in [3.05, 3.63) is 82.8 Å². The molecule has 1 aromatic carbocycles. The first-order valence-electron chi connectivity index (χ1n) is 14.3. The van der Waals surface area contributed by atoms with E-state index in [1.165, 1.54) is 41.6 Å². The lowest BCUT2D eigenvalue weighted by atomic mass is 10.0. The number of nitrogens with zero attached hydrogens (tertiary/aromatic N) is 5. The van der Waals surface area contributed by atoms with E-state index in [0.29, 0.717) is 17.1 Å². The number of amides is 1. The van der Waals surface area contributed by atoms with Crippen LogP contribution in [0.4, 0.5) is 14.6 Å². The molecule has 11 heteroatoms. The fourth-order valence-corrected chi connectivity index (χ4v) is 4.37. The molecule has 4 rings (SSSR count). The second-order valence-electron chi connectivity index (χ2n) is 10.8. The Morgan fingerprint density at radius 1 is 1.00 bits per heavy atom. The van der Waals surface area contributed by atoms with Crippen molar-refractivity contribution in [3.8, 4) is 16.9 Å². The van der Waals surface area contributed by atoms with Crippen LogP contribution in [-0.2, 0) is 4.79 Å². The number of benzene rings is 1. The SMILES string of the molecule is C=CC(=O)NC[C@H](C)Nc1nc(=O)n(-c2c(C(C)C)ncnc2C(C)C)c2nc(-c3ccccc3F)c(F)cc12.CCC. The highest BCUT2D eigenvalue weighted by atomic mass is 19.1. The summed E-state index contributed by atoms with van der Waals surface area (Å²) in [5.41, 5.74) is 0.637. The molecule has 4 aromatic rings. The van der Waals surface area contributed by atoms with Crippen molar-refractivity contribution in [2.45, 2.75) is 72.8 Å². The second-order valence-corrected chi connectivity index (χ2v) is 10.8. The highest BCUT2D eigenvalue weighted by Gasteiger charge is 2.25. The number of hydrogen-bond donors (Lipinski definition) is 2. The van der Waals surface area contributed by atoms with Gasteiger partial charge >= 0.3 is 5.69 Å². The highest BCUT2D eigenvalue weighted by Crippen LogP contribution is 2.33. The van der Waals surface area contributed by atoms with Gasteiger partial charge in [0.05, 0.1) is 22.5 Å². The number of carbonyl (C=O) groups excluding carboxylic acids is 1. The maximum atomic E-state index is 15.6. The zero-order valence-electron chi connectivity index (χ0n) is 25.7. The summed E-state index contributed by atoms with van der Waals surface area (Å²) in [7, 11) is 0. The smallest absolute Gasteiger partial charge is 0.355 e. The van der Waals surface area contributed by atoms with Gasteiger partial charge in [-0.05, 0) is 43.0 Å². The summed E-state index contributed by atoms with van der Waals surface area (Å²) in [6.07, 6.45) is 3.84. The van der Waals surface area contributed by atoms with Crippen LogP contribution < -0.4 is 16.3 Å². The van der Waals surface area contributed by atoms with Crippen molar-refractivity contribution in [1.29, 1.82) is 0 Å². The molecule has 0 bridgehead atoms. The molecule has 1 amide bonds. The third-order valence-electron chi connectivity index (χ3n) is 6.30. The number of aromatic nitrogens is 5. The van der Waals surface area contributed by atoms with Gasteiger partial charge in [-0.3, -0.25) is 4.79 Å². The van der Waals surface area contributed by atoms with E-state index in [1.54, 1.807) is 13.0 Å². The van der Waals surface area contributed by atoms with E-state index in [9.17, 15) is 14.0 Å². The first kappa shape index (κ1) is 33.0. The van der Waals surface area contributed by atoms with Gasteiger partial charge in [0, 0.05) is 18.2 Å². The van der Waals surface area contributed by atoms with E-state index in [1.807, 2.05) is 27.7 Å². The minimum absolute atomic E-state index is 0.0507. The molecule has 0 aliphatic heterocycles. The first-order valence-corrected chi connectivity index (χ1v) is 14.3. The standard InChI is InChI=1S/C29H31F2N7O2.C3H8/c1-7-22(39)32-13-17(6)35-27-19-12-21(31)25(18-10-8-9-11-20(18)30)36-28(19)38(29(40)37-27)26-23(15(2)3)33-14-34-24(26)16(4)5;1-3-2/h7-12,14-17H,1,13H2,2-6H3,(H,32,39)(H,35,37,40);3H2,1-2H3/t17-;/m0./s1. The average Bonchev–Trinajstić information content (AvgIpc) is 2.96. The van der Waals surface area contributed by atoms with Gasteiger partial charge in [-0.1, -0.05) is 66.7 Å². The Hall–Kier alpha value is -4.54. The molecular formula is C32H39F2N7O2. The Labute approximate surface area is 250 Å². The molecule has 9 nitrogen and oxygen atoms in total. The van der Waals surface area contributed by atoms with E-state index in [0.717, 1.165) is 6.08 Å². The van der Waals surface area contributed by atoms with Crippen LogP contribution in [0.5, 0.6) is 0 Å². The molecule has 0 radical (unpaired) electrons. The number of nitrogens with one attached hydrogen (secondary N) is 2. The topological polar surface area (TPSA) is 115 Å². The normalized spacial score (nSPS) is 11.7. The fraction of sp³-hybridized carbons (Fsp3) is 0.375. The van der Waals surface area contributed by atoms with Crippen molar-refractivity contribution >= 4 is 22.8 Å². The van der Waals surface area contributed by atoms with Crippen molar-refractivity contribution in [2.75, 3.05) is 11.9 Å². The predicted octanol–water partition coefficient (Wildman–Crippen LogP) is 6.28. The minimum Gasteiger partial charge on any atom is -0.365 e. The molecule has 0 fully saturated rings. The second kappa shape index (κ2) is 14.6. The van der Waals surface area contributed by atoms with Gasteiger partial charge in [-0.15, -0.1) is 0 Å². The Balaban J connectivity index is 0.00000162. The summed E-state index contributed by atoms with van der Waals surface area (Å²) in [5, 5.41) is 5.92. The average molecular weight is 592 g/mol. The van der Waals surface area contributed by atoms with Crippen LogP contribution in [0.25, 0.3) is 28.0 Å². The summed E-state index contributed by atoms with van der Waals surface area (Å²) in [6, 6.07) is 6.49. The molecule has 0 aliphatic rings. The molecule has 0 unspecified atom stereocenters. The van der Waals surface area contributed by atoms with Gasteiger partial charge < -0.3 is 10.6 Å². The van der Waals surface area contributed by atoms with Crippen molar-refractivity contribution < 1.29 is 13.6 Å². The van der Waals surface area contributed by atoms with Crippen LogP contribution in [0.15, 0.2) is 54.1 Å². The minimum atomic E-state index is -0.794. The molecule has 0 saturated heterocycles. The third kappa shape index (κ3) is 7.46. The lowest BCUT2D eigenvalue weighted by Gasteiger charge is -2.22. The molecule has 43 heavy (non-hydrogen) atoms. The number of carbonyl (C=O) groups is 1. The number of halogens is 2. The summed E-state index contributed by atoms with van der Waals surface area (Å²) in [5.74, 6) is -1.95. The molecule has 3 aromatic heterocycles. The number of fused-ring (bicyclic) bond motifs is 1. The molecular weight excluding hydrogens is 552 g/mol. The summed E-state index contributed by atoms with van der Waals surface area (Å²) in [6.45, 7) is 17.4. The number of anilines is 1. The molecule has 1 atom stereocenters. The molecule has 0 spiro atoms. The zero-order valence-corrected chi connectivity index (χ0v) is 25.7. The largest absolute Gasteiger partial charge is 0.365 e. The number of hydrogen-bond acceptors (Lipinski definition) is 7. The van der Waals surface area contributed by atoms with Gasteiger partial charge in [-0.2, -0.15) is 4.98 Å². The molecule has 0 aliphatic carbocycles. The summed E-state index contributed by atoms with van der Waals surface area (Å²) < 4.78 is 31.6. The van der Waals surface area contributed by atoms with Crippen LogP contribution >= 0.6 is 0 Å². The predicted molar refractivity (Wildman–Crippen MR) is 167 cm³/mol. The van der Waals surface area contributed by atoms with Crippen molar-refractivity contribution in [3.63, 3.8) is 0 Å². The molecule has 3 heterocycles. The number of pyridine rings is 1. The van der Waals surface area contributed by atoms with Crippen molar-refractivity contribution in [1.82, 2.24) is 29.8 Å². The third-order valence-corrected chi connectivity index (χ3v) is 6.30. The Kier molecular flexibility index (Phi) is 11.2. The zero-order chi connectivity index (χ0) is 31.8. The summed E-state index contributed by atoms with van der Waals surface area (Å²) >= 11 is 0. The monoisotopic (exact) mass is 591 g/mol. The first-order chi connectivity index (χ1) is 20.4. The lowest BCUT2D eigenvalue weighted by molar-refractivity contribution is -0.116. The maximum absolute atomic E-state index is 15.6. The Morgan fingerprint density at radius 2 is 1.60 bits per heavy atom. The van der Waals surface area contributed by atoms with E-state index in [2.05, 4.69) is 51.0 Å². The molecule has 0 saturated carbocycles. The van der Waals surface area contributed by atoms with E-state index >= 15 is 4.39 Å². The van der Waals surface area contributed by atoms with Crippen molar-refractivity contribution in [2.24, 2.45) is 0 Å². The van der Waals surface area contributed by atoms with Crippen LogP contribution in [0.3, 0.4) is 0 Å². The van der Waals surface area contributed by atoms with Gasteiger partial charge in [-0.25, -0.2) is 33.1 Å². The van der Waals surface area contributed by atoms with E-state index in [4.69, 9.17) is 0 Å². The van der Waals surface area contributed by atoms with Gasteiger partial charge in [0.25, 0.3) is 0 Å². The Bertz CT molecular complexity index is 1640. The van der Waals surface area contributed by atoms with Crippen LogP contribution in [0.2, 0.25) is 0 Å². The fourth-order valence-electron chi connectivity index (χ4n) is 4.37. The quantitative estimate of drug-likeness (QED) is 0.220. The molecule has 228 valence electrons.